The van der Waals surface area contributed by atoms with Gasteiger partial charge in [-0.15, -0.1) is 0 Å². The molecule has 1 fully saturated rings. The predicted molar refractivity (Wildman–Crippen MR) is 69.9 cm³/mol. The molecule has 0 saturated heterocycles. The first-order valence-electron chi connectivity index (χ1n) is 6.99. The molecule has 0 atom stereocenters. The molecule has 0 heterocycles. The number of carbonyl (C=O) groups is 1. The van der Waals surface area contributed by atoms with E-state index in [0.717, 1.165) is 12.5 Å². The lowest BCUT2D eigenvalue weighted by Crippen LogP contribution is -2.29. The Morgan fingerprint density at radius 2 is 1.76 bits per heavy atom. The van der Waals surface area contributed by atoms with Crippen LogP contribution < -0.4 is 0 Å². The maximum atomic E-state index is 11.4. The zero-order valence-electron chi connectivity index (χ0n) is 11.6. The average molecular weight is 241 g/mol. The summed E-state index contributed by atoms with van der Waals surface area (Å²) in [6, 6.07) is 0. The Kier molecular flexibility index (Phi) is 6.56. The van der Waals surface area contributed by atoms with Gasteiger partial charge in [-0.2, -0.15) is 0 Å². The van der Waals surface area contributed by atoms with Gasteiger partial charge in [0, 0.05) is 13.0 Å². The molecule has 0 aliphatic heterocycles. The zero-order chi connectivity index (χ0) is 12.7. The molecule has 0 radical (unpaired) electrons. The van der Waals surface area contributed by atoms with Crippen LogP contribution in [0.5, 0.6) is 0 Å². The second-order valence-electron chi connectivity index (χ2n) is 5.25. The van der Waals surface area contributed by atoms with E-state index in [9.17, 15) is 4.79 Å². The van der Waals surface area contributed by atoms with Crippen molar-refractivity contribution in [1.29, 1.82) is 0 Å². The van der Waals surface area contributed by atoms with Crippen molar-refractivity contribution < 1.29 is 9.53 Å². The van der Waals surface area contributed by atoms with Gasteiger partial charge >= 0.3 is 5.97 Å². The van der Waals surface area contributed by atoms with Crippen molar-refractivity contribution in [2.45, 2.75) is 46.0 Å². The molecule has 0 aromatic carbocycles. The van der Waals surface area contributed by atoms with Crippen molar-refractivity contribution in [3.63, 3.8) is 0 Å². The van der Waals surface area contributed by atoms with Gasteiger partial charge in [0.15, 0.2) is 0 Å². The second-order valence-corrected chi connectivity index (χ2v) is 5.25. The van der Waals surface area contributed by atoms with Crippen LogP contribution >= 0.6 is 0 Å². The Balaban J connectivity index is 2.19. The van der Waals surface area contributed by atoms with E-state index in [2.05, 4.69) is 18.9 Å². The van der Waals surface area contributed by atoms with E-state index in [0.29, 0.717) is 18.9 Å². The third kappa shape index (κ3) is 5.53. The number of carbonyl (C=O) groups excluding carboxylic acids is 1. The summed E-state index contributed by atoms with van der Waals surface area (Å²) in [7, 11) is 2.19. The Hall–Kier alpha value is -0.570. The topological polar surface area (TPSA) is 29.5 Å². The van der Waals surface area contributed by atoms with Crippen molar-refractivity contribution in [3.05, 3.63) is 0 Å². The molecule has 100 valence electrons. The van der Waals surface area contributed by atoms with Crippen LogP contribution in [-0.4, -0.2) is 37.6 Å². The summed E-state index contributed by atoms with van der Waals surface area (Å²) >= 11 is 0. The number of rotatable bonds is 6. The number of hydrogen-bond acceptors (Lipinski definition) is 3. The first-order valence-corrected chi connectivity index (χ1v) is 6.99. The van der Waals surface area contributed by atoms with Crippen molar-refractivity contribution in [1.82, 2.24) is 4.90 Å². The van der Waals surface area contributed by atoms with E-state index in [1.54, 1.807) is 0 Å². The maximum Gasteiger partial charge on any atom is 0.306 e. The molecule has 3 nitrogen and oxygen atoms in total. The summed E-state index contributed by atoms with van der Waals surface area (Å²) in [6.45, 7) is 6.92. The molecule has 0 bridgehead atoms. The van der Waals surface area contributed by atoms with Crippen LogP contribution in [0, 0.1) is 11.8 Å². The molecule has 1 aliphatic rings. The number of nitrogens with zero attached hydrogens (tertiary/aromatic N) is 1. The highest BCUT2D eigenvalue weighted by Crippen LogP contribution is 2.31. The molecule has 1 saturated carbocycles. The maximum absolute atomic E-state index is 11.4. The molecular weight excluding hydrogens is 214 g/mol. The highest BCUT2D eigenvalue weighted by atomic mass is 16.5. The van der Waals surface area contributed by atoms with Crippen LogP contribution in [0.2, 0.25) is 0 Å². The van der Waals surface area contributed by atoms with Gasteiger partial charge < -0.3 is 9.64 Å². The molecule has 17 heavy (non-hydrogen) atoms. The molecule has 0 unspecified atom stereocenters. The van der Waals surface area contributed by atoms with E-state index in [1.165, 1.54) is 32.2 Å². The lowest BCUT2D eigenvalue weighted by atomic mass is 9.80. The average Bonchev–Trinajstić information content (AvgIpc) is 2.32. The number of ether oxygens (including phenoxy) is 1. The molecule has 1 aliphatic carbocycles. The molecule has 1 rings (SSSR count). The quantitative estimate of drug-likeness (QED) is 0.670. The van der Waals surface area contributed by atoms with E-state index in [-0.39, 0.29) is 5.97 Å². The summed E-state index contributed by atoms with van der Waals surface area (Å²) in [5.74, 6) is 1.39. The van der Waals surface area contributed by atoms with Crippen molar-refractivity contribution in [3.8, 4) is 0 Å². The molecule has 3 heteroatoms. The molecule has 0 amide bonds. The Labute approximate surface area is 106 Å². The predicted octanol–water partition coefficient (Wildman–Crippen LogP) is 2.70. The highest BCUT2D eigenvalue weighted by molar-refractivity contribution is 5.69. The van der Waals surface area contributed by atoms with Gasteiger partial charge in [-0.25, -0.2) is 0 Å². The van der Waals surface area contributed by atoms with Crippen LogP contribution in [0.1, 0.15) is 46.0 Å². The van der Waals surface area contributed by atoms with Crippen LogP contribution in [-0.2, 0) is 9.53 Å². The van der Waals surface area contributed by atoms with E-state index in [1.807, 2.05) is 6.92 Å². The van der Waals surface area contributed by atoms with E-state index in [4.69, 9.17) is 4.74 Å². The molecule has 0 spiro atoms. The standard InChI is InChI=1S/C14H27NO2/c1-4-15(3)11-13-8-6-12(7-9-13)10-14(16)17-5-2/h12-13H,4-11H2,1-3H3/t12-,13-. The SMILES string of the molecule is CCOC(=O)C[C@H]1CC[C@H](CN(C)CC)CC1. The van der Waals surface area contributed by atoms with Crippen molar-refractivity contribution in [2.24, 2.45) is 11.8 Å². The van der Waals surface area contributed by atoms with Gasteiger partial charge in [0.25, 0.3) is 0 Å². The summed E-state index contributed by atoms with van der Waals surface area (Å²) in [5, 5.41) is 0. The summed E-state index contributed by atoms with van der Waals surface area (Å²) in [6.07, 6.45) is 5.56. The first-order chi connectivity index (χ1) is 8.15. The Bertz CT molecular complexity index is 222. The molecular formula is C14H27NO2. The zero-order valence-corrected chi connectivity index (χ0v) is 11.6. The highest BCUT2D eigenvalue weighted by Gasteiger charge is 2.23. The summed E-state index contributed by atoms with van der Waals surface area (Å²) in [5.41, 5.74) is 0. The molecule has 0 aromatic heterocycles. The largest absolute Gasteiger partial charge is 0.466 e. The van der Waals surface area contributed by atoms with Gasteiger partial charge in [-0.3, -0.25) is 4.79 Å². The lowest BCUT2D eigenvalue weighted by molar-refractivity contribution is -0.144. The Morgan fingerprint density at radius 3 is 2.29 bits per heavy atom. The van der Waals surface area contributed by atoms with Crippen LogP contribution in [0.3, 0.4) is 0 Å². The third-order valence-corrected chi connectivity index (χ3v) is 3.84. The first kappa shape index (κ1) is 14.5. The van der Waals surface area contributed by atoms with Gasteiger partial charge in [0.2, 0.25) is 0 Å². The van der Waals surface area contributed by atoms with Crippen LogP contribution in [0.15, 0.2) is 0 Å². The minimum absolute atomic E-state index is 0.0124. The van der Waals surface area contributed by atoms with Gasteiger partial charge in [0.05, 0.1) is 6.61 Å². The molecule has 0 aromatic rings. The number of hydrogen-bond donors (Lipinski definition) is 0. The summed E-state index contributed by atoms with van der Waals surface area (Å²) < 4.78 is 5.01. The fourth-order valence-corrected chi connectivity index (χ4v) is 2.64. The minimum Gasteiger partial charge on any atom is -0.466 e. The molecule has 0 N–H and O–H groups in total. The third-order valence-electron chi connectivity index (χ3n) is 3.84. The Morgan fingerprint density at radius 1 is 1.18 bits per heavy atom. The monoisotopic (exact) mass is 241 g/mol. The number of esters is 1. The van der Waals surface area contributed by atoms with Crippen molar-refractivity contribution in [2.75, 3.05) is 26.7 Å². The fourth-order valence-electron chi connectivity index (χ4n) is 2.64. The van der Waals surface area contributed by atoms with Gasteiger partial charge in [-0.1, -0.05) is 6.92 Å². The van der Waals surface area contributed by atoms with Crippen LogP contribution in [0.25, 0.3) is 0 Å². The van der Waals surface area contributed by atoms with Crippen molar-refractivity contribution >= 4 is 5.97 Å². The van der Waals surface area contributed by atoms with Gasteiger partial charge in [0.1, 0.15) is 0 Å². The lowest BCUT2D eigenvalue weighted by Gasteiger charge is -2.30. The smallest absolute Gasteiger partial charge is 0.306 e. The summed E-state index contributed by atoms with van der Waals surface area (Å²) in [4.78, 5) is 13.8. The fraction of sp³-hybridized carbons (Fsp3) is 0.929. The minimum atomic E-state index is -0.0124. The van der Waals surface area contributed by atoms with E-state index < -0.39 is 0 Å². The van der Waals surface area contributed by atoms with Crippen LogP contribution in [0.4, 0.5) is 0 Å². The van der Waals surface area contributed by atoms with E-state index >= 15 is 0 Å². The normalized spacial score (nSPS) is 24.9. The second kappa shape index (κ2) is 7.70. The van der Waals surface area contributed by atoms with Gasteiger partial charge in [-0.05, 0) is 58.0 Å².